The zero-order chi connectivity index (χ0) is 18.0. The van der Waals surface area contributed by atoms with E-state index in [-0.39, 0.29) is 0 Å². The van der Waals surface area contributed by atoms with Crippen LogP contribution >= 0.6 is 11.6 Å². The molecule has 25 heavy (non-hydrogen) atoms. The third kappa shape index (κ3) is 4.55. The molecule has 1 atom stereocenters. The van der Waals surface area contributed by atoms with E-state index < -0.39 is 11.7 Å². The maximum Gasteiger partial charge on any atom is 0.416 e. The molecular weight excluding hydrogens is 351 g/mol. The van der Waals surface area contributed by atoms with Crippen LogP contribution in [0.4, 0.5) is 13.2 Å². The van der Waals surface area contributed by atoms with E-state index in [9.17, 15) is 13.2 Å². The summed E-state index contributed by atoms with van der Waals surface area (Å²) in [6.07, 6.45) is 2.40. The summed E-state index contributed by atoms with van der Waals surface area (Å²) in [4.78, 5) is 6.56. The predicted octanol–water partition coefficient (Wildman–Crippen LogP) is 4.55. The predicted molar refractivity (Wildman–Crippen MR) is 91.4 cm³/mol. The van der Waals surface area contributed by atoms with Crippen molar-refractivity contribution in [2.75, 3.05) is 13.1 Å². The third-order valence-electron chi connectivity index (χ3n) is 4.76. The van der Waals surface area contributed by atoms with Gasteiger partial charge in [-0.15, -0.1) is 0 Å². The van der Waals surface area contributed by atoms with Crippen molar-refractivity contribution in [3.05, 3.63) is 52.6 Å². The smallest absolute Gasteiger partial charge is 0.338 e. The molecule has 1 aliphatic rings. The van der Waals surface area contributed by atoms with Gasteiger partial charge < -0.3 is 4.57 Å². The Morgan fingerprint density at radius 1 is 1.32 bits per heavy atom. The molecule has 2 heterocycles. The Kier molecular flexibility index (Phi) is 5.39. The summed E-state index contributed by atoms with van der Waals surface area (Å²) in [5.41, 5.74) is -0.109. The molecular formula is C18H21ClF3N3. The molecule has 0 spiro atoms. The first-order valence-electron chi connectivity index (χ1n) is 8.37. The standard InChI is InChI=1S/C18H21ClF3N3/c1-24-8-6-23-17(24)9-13-3-2-7-25(11-13)12-14-10-15(18(20,21)22)4-5-16(14)19/h4-6,8,10,13H,2-3,7,9,11-12H2,1H3/t13-/m0/s1. The molecule has 3 rings (SSSR count). The molecule has 2 aromatic rings. The van der Waals surface area contributed by atoms with Gasteiger partial charge in [0.25, 0.3) is 0 Å². The average Bonchev–Trinajstić information content (AvgIpc) is 2.94. The number of nitrogens with zero attached hydrogens (tertiary/aromatic N) is 3. The highest BCUT2D eigenvalue weighted by atomic mass is 35.5. The third-order valence-corrected chi connectivity index (χ3v) is 5.13. The van der Waals surface area contributed by atoms with Gasteiger partial charge >= 0.3 is 6.18 Å². The largest absolute Gasteiger partial charge is 0.416 e. The van der Waals surface area contributed by atoms with Gasteiger partial charge in [0.1, 0.15) is 5.82 Å². The van der Waals surface area contributed by atoms with Gasteiger partial charge in [-0.1, -0.05) is 11.6 Å². The lowest BCUT2D eigenvalue weighted by Crippen LogP contribution is -2.36. The highest BCUT2D eigenvalue weighted by Crippen LogP contribution is 2.32. The molecule has 1 aromatic carbocycles. The van der Waals surface area contributed by atoms with E-state index >= 15 is 0 Å². The van der Waals surface area contributed by atoms with Crippen molar-refractivity contribution in [1.82, 2.24) is 14.5 Å². The van der Waals surface area contributed by atoms with E-state index in [2.05, 4.69) is 9.88 Å². The molecule has 1 saturated heterocycles. The molecule has 0 saturated carbocycles. The van der Waals surface area contributed by atoms with Crippen molar-refractivity contribution in [1.29, 1.82) is 0 Å². The molecule has 0 bridgehead atoms. The molecule has 0 unspecified atom stereocenters. The molecule has 0 aliphatic carbocycles. The highest BCUT2D eigenvalue weighted by molar-refractivity contribution is 6.31. The number of piperidine rings is 1. The zero-order valence-corrected chi connectivity index (χ0v) is 14.8. The van der Waals surface area contributed by atoms with Gasteiger partial charge in [0.2, 0.25) is 0 Å². The maximum atomic E-state index is 12.9. The maximum absolute atomic E-state index is 12.9. The fourth-order valence-electron chi connectivity index (χ4n) is 3.43. The van der Waals surface area contributed by atoms with Crippen LogP contribution < -0.4 is 0 Å². The summed E-state index contributed by atoms with van der Waals surface area (Å²) in [5, 5.41) is 0.388. The first-order valence-corrected chi connectivity index (χ1v) is 8.75. The van der Waals surface area contributed by atoms with E-state index in [1.165, 1.54) is 12.1 Å². The molecule has 1 fully saturated rings. The average molecular weight is 372 g/mol. The Morgan fingerprint density at radius 2 is 2.12 bits per heavy atom. The first-order chi connectivity index (χ1) is 11.8. The van der Waals surface area contributed by atoms with Crippen LogP contribution in [-0.2, 0) is 26.2 Å². The monoisotopic (exact) mass is 371 g/mol. The quantitative estimate of drug-likeness (QED) is 0.786. The second-order valence-corrected chi connectivity index (χ2v) is 7.11. The molecule has 0 radical (unpaired) electrons. The molecule has 1 aliphatic heterocycles. The van der Waals surface area contributed by atoms with Gasteiger partial charge in [0, 0.05) is 44.0 Å². The Morgan fingerprint density at radius 3 is 2.80 bits per heavy atom. The lowest BCUT2D eigenvalue weighted by molar-refractivity contribution is -0.137. The second-order valence-electron chi connectivity index (χ2n) is 6.71. The molecule has 3 nitrogen and oxygen atoms in total. The summed E-state index contributed by atoms with van der Waals surface area (Å²) in [6, 6.07) is 3.55. The fourth-order valence-corrected chi connectivity index (χ4v) is 3.60. The number of alkyl halides is 3. The minimum atomic E-state index is -4.35. The van der Waals surface area contributed by atoms with E-state index in [1.54, 1.807) is 6.20 Å². The van der Waals surface area contributed by atoms with Gasteiger partial charge in [-0.3, -0.25) is 4.90 Å². The molecule has 1 aromatic heterocycles. The number of imidazole rings is 1. The van der Waals surface area contributed by atoms with Crippen LogP contribution in [0.3, 0.4) is 0 Å². The highest BCUT2D eigenvalue weighted by Gasteiger charge is 2.31. The van der Waals surface area contributed by atoms with Gasteiger partial charge in [-0.2, -0.15) is 13.2 Å². The van der Waals surface area contributed by atoms with Crippen molar-refractivity contribution in [2.24, 2.45) is 13.0 Å². The van der Waals surface area contributed by atoms with Gasteiger partial charge in [0.15, 0.2) is 0 Å². The van der Waals surface area contributed by atoms with Crippen molar-refractivity contribution >= 4 is 11.6 Å². The van der Waals surface area contributed by atoms with Crippen molar-refractivity contribution in [3.63, 3.8) is 0 Å². The van der Waals surface area contributed by atoms with E-state index in [0.717, 1.165) is 44.2 Å². The normalized spacial score (nSPS) is 19.3. The first kappa shape index (κ1) is 18.3. The number of benzene rings is 1. The second kappa shape index (κ2) is 7.38. The van der Waals surface area contributed by atoms with Crippen LogP contribution in [0.2, 0.25) is 5.02 Å². The van der Waals surface area contributed by atoms with Crippen molar-refractivity contribution < 1.29 is 13.2 Å². The number of likely N-dealkylation sites (tertiary alicyclic amines) is 1. The van der Waals surface area contributed by atoms with Crippen LogP contribution in [0.15, 0.2) is 30.6 Å². The van der Waals surface area contributed by atoms with Crippen LogP contribution in [0.5, 0.6) is 0 Å². The molecule has 0 N–H and O–H groups in total. The van der Waals surface area contributed by atoms with Crippen LogP contribution in [0.1, 0.15) is 29.8 Å². The number of aryl methyl sites for hydroxylation is 1. The summed E-state index contributed by atoms with van der Waals surface area (Å²) in [7, 11) is 1.98. The summed E-state index contributed by atoms with van der Waals surface area (Å²) < 4.78 is 40.8. The van der Waals surface area contributed by atoms with Crippen LogP contribution in [0.25, 0.3) is 0 Å². The Hall–Kier alpha value is -1.53. The summed E-state index contributed by atoms with van der Waals surface area (Å²) >= 11 is 6.13. The van der Waals surface area contributed by atoms with Gasteiger partial charge in [-0.25, -0.2) is 4.98 Å². The van der Waals surface area contributed by atoms with E-state index in [1.807, 2.05) is 17.8 Å². The number of hydrogen-bond acceptors (Lipinski definition) is 2. The van der Waals surface area contributed by atoms with Gasteiger partial charge in [-0.05, 0) is 49.1 Å². The number of rotatable bonds is 4. The van der Waals surface area contributed by atoms with Crippen LogP contribution in [-0.4, -0.2) is 27.5 Å². The minimum absolute atomic E-state index is 0.388. The van der Waals surface area contributed by atoms with Crippen molar-refractivity contribution in [2.45, 2.75) is 32.0 Å². The summed E-state index contributed by atoms with van der Waals surface area (Å²) in [6.45, 7) is 2.17. The fraction of sp³-hybridized carbons (Fsp3) is 0.500. The lowest BCUT2D eigenvalue weighted by Gasteiger charge is -2.33. The number of halogens is 4. The van der Waals surface area contributed by atoms with Crippen LogP contribution in [0, 0.1) is 5.92 Å². The summed E-state index contributed by atoms with van der Waals surface area (Å²) in [5.74, 6) is 1.50. The SMILES string of the molecule is Cn1ccnc1C[C@@H]1CCCN(Cc2cc(C(F)(F)F)ccc2Cl)C1. The van der Waals surface area contributed by atoms with Gasteiger partial charge in [0.05, 0.1) is 5.56 Å². The zero-order valence-electron chi connectivity index (χ0n) is 14.1. The lowest BCUT2D eigenvalue weighted by atomic mass is 9.94. The topological polar surface area (TPSA) is 21.1 Å². The Balaban J connectivity index is 1.67. The van der Waals surface area contributed by atoms with E-state index in [0.29, 0.717) is 23.0 Å². The minimum Gasteiger partial charge on any atom is -0.338 e. The van der Waals surface area contributed by atoms with E-state index in [4.69, 9.17) is 11.6 Å². The number of hydrogen-bond donors (Lipinski definition) is 0. The Bertz CT molecular complexity index is 727. The molecule has 0 amide bonds. The number of aromatic nitrogens is 2. The molecule has 7 heteroatoms. The Labute approximate surface area is 150 Å². The molecule has 136 valence electrons. The van der Waals surface area contributed by atoms with Crippen molar-refractivity contribution in [3.8, 4) is 0 Å².